The third-order valence-corrected chi connectivity index (χ3v) is 9.24. The monoisotopic (exact) mass is 647 g/mol. The summed E-state index contributed by atoms with van der Waals surface area (Å²) in [7, 11) is 4.58. The lowest BCUT2D eigenvalue weighted by atomic mass is 9.66. The number of ether oxygens (including phenoxy) is 2. The van der Waals surface area contributed by atoms with Crippen LogP contribution in [0.25, 0.3) is 11.1 Å². The topological polar surface area (TPSA) is 144 Å². The molecule has 2 aromatic rings. The number of piperidine rings is 1. The molecule has 1 fully saturated rings. The molecule has 0 spiro atoms. The van der Waals surface area contributed by atoms with Gasteiger partial charge in [-0.25, -0.2) is 0 Å². The van der Waals surface area contributed by atoms with Gasteiger partial charge in [0.2, 0.25) is 0 Å². The van der Waals surface area contributed by atoms with Gasteiger partial charge < -0.3 is 24.6 Å². The van der Waals surface area contributed by atoms with Crippen LogP contribution in [0.1, 0.15) is 59.4 Å². The SMILES string of the molecule is CNC(=O)c1nccc(-c2ccc([N+](=O)[O-])cc2)c1C(=O)N(CCCCOC)CCCN1CCC(C(=O)OC)(C2C=CC=CC2)CC1. The van der Waals surface area contributed by atoms with Crippen molar-refractivity contribution in [3.63, 3.8) is 0 Å². The second-order valence-electron chi connectivity index (χ2n) is 12.0. The van der Waals surface area contributed by atoms with Gasteiger partial charge in [0, 0.05) is 52.2 Å². The normalized spacial score (nSPS) is 17.2. The number of nitrogens with zero attached hydrogens (tertiary/aromatic N) is 4. The zero-order chi connectivity index (χ0) is 33.8. The van der Waals surface area contributed by atoms with Crippen molar-refractivity contribution in [2.24, 2.45) is 11.3 Å². The minimum atomic E-state index is -0.541. The van der Waals surface area contributed by atoms with Crippen molar-refractivity contribution in [1.82, 2.24) is 20.1 Å². The second-order valence-corrected chi connectivity index (χ2v) is 12.0. The number of carbonyl (C=O) groups is 3. The van der Waals surface area contributed by atoms with E-state index in [1.165, 1.54) is 32.5 Å². The van der Waals surface area contributed by atoms with E-state index in [9.17, 15) is 24.5 Å². The van der Waals surface area contributed by atoms with Crippen LogP contribution >= 0.6 is 0 Å². The highest BCUT2D eigenvalue weighted by atomic mass is 16.6. The van der Waals surface area contributed by atoms with Crippen LogP contribution < -0.4 is 5.32 Å². The minimum Gasteiger partial charge on any atom is -0.469 e. The third-order valence-electron chi connectivity index (χ3n) is 9.24. The number of likely N-dealkylation sites (tertiary alicyclic amines) is 1. The van der Waals surface area contributed by atoms with Gasteiger partial charge in [0.25, 0.3) is 17.5 Å². The average Bonchev–Trinajstić information content (AvgIpc) is 3.12. The number of rotatable bonds is 15. The van der Waals surface area contributed by atoms with Crippen molar-refractivity contribution < 1.29 is 28.8 Å². The van der Waals surface area contributed by atoms with Gasteiger partial charge in [-0.2, -0.15) is 0 Å². The number of nitrogens with one attached hydrogen (secondary N) is 1. The molecule has 2 amide bonds. The fourth-order valence-corrected chi connectivity index (χ4v) is 6.57. The predicted octanol–water partition coefficient (Wildman–Crippen LogP) is 4.66. The molecule has 0 bridgehead atoms. The van der Waals surface area contributed by atoms with Crippen molar-refractivity contribution in [3.05, 3.63) is 82.2 Å². The molecule has 1 aromatic carbocycles. The first kappa shape index (κ1) is 35.4. The number of nitro benzene ring substituents is 1. The highest BCUT2D eigenvalue weighted by molar-refractivity contribution is 6.10. The van der Waals surface area contributed by atoms with Gasteiger partial charge in [0.1, 0.15) is 5.69 Å². The maximum atomic E-state index is 14.4. The summed E-state index contributed by atoms with van der Waals surface area (Å²) in [6.45, 7) is 3.70. The van der Waals surface area contributed by atoms with Gasteiger partial charge in [-0.1, -0.05) is 24.3 Å². The van der Waals surface area contributed by atoms with Gasteiger partial charge >= 0.3 is 5.97 Å². The van der Waals surface area contributed by atoms with E-state index in [0.717, 1.165) is 32.5 Å². The molecular formula is C35H45N5O7. The number of hydrogen-bond donors (Lipinski definition) is 1. The third kappa shape index (κ3) is 8.49. The van der Waals surface area contributed by atoms with Crippen molar-refractivity contribution >= 4 is 23.5 Å². The molecule has 1 aliphatic carbocycles. The van der Waals surface area contributed by atoms with Gasteiger partial charge in [-0.05, 0) is 93.4 Å². The largest absolute Gasteiger partial charge is 0.469 e. The number of unbranched alkanes of at least 4 members (excludes halogenated alkanes) is 1. The molecule has 0 saturated carbocycles. The summed E-state index contributed by atoms with van der Waals surface area (Å²) < 4.78 is 10.5. The lowest BCUT2D eigenvalue weighted by Crippen LogP contribution is -2.49. The molecule has 4 rings (SSSR count). The molecule has 1 aliphatic heterocycles. The quantitative estimate of drug-likeness (QED) is 0.126. The number of methoxy groups -OCH3 is 2. The van der Waals surface area contributed by atoms with Gasteiger partial charge in [-0.15, -0.1) is 0 Å². The van der Waals surface area contributed by atoms with Crippen molar-refractivity contribution in [2.75, 3.05) is 60.6 Å². The van der Waals surface area contributed by atoms with Crippen molar-refractivity contribution in [2.45, 2.75) is 38.5 Å². The first-order valence-corrected chi connectivity index (χ1v) is 16.1. The zero-order valence-electron chi connectivity index (χ0n) is 27.5. The van der Waals surface area contributed by atoms with Crippen molar-refractivity contribution in [1.29, 1.82) is 0 Å². The maximum absolute atomic E-state index is 14.4. The summed E-state index contributed by atoms with van der Waals surface area (Å²) in [5.74, 6) is -0.867. The van der Waals surface area contributed by atoms with Crippen LogP contribution in [0.4, 0.5) is 5.69 Å². The van der Waals surface area contributed by atoms with E-state index in [0.29, 0.717) is 56.5 Å². The molecule has 12 nitrogen and oxygen atoms in total. The van der Waals surface area contributed by atoms with E-state index in [2.05, 4.69) is 27.4 Å². The Bertz CT molecular complexity index is 1470. The molecule has 12 heteroatoms. The number of non-ortho nitro benzene ring substituents is 1. The van der Waals surface area contributed by atoms with Crippen LogP contribution in [0.15, 0.2) is 60.8 Å². The van der Waals surface area contributed by atoms with Crippen LogP contribution in [-0.4, -0.2) is 98.1 Å². The Kier molecular flexibility index (Phi) is 12.8. The van der Waals surface area contributed by atoms with E-state index in [-0.39, 0.29) is 34.7 Å². The molecule has 252 valence electrons. The summed E-state index contributed by atoms with van der Waals surface area (Å²) in [5, 5.41) is 13.8. The Balaban J connectivity index is 1.52. The summed E-state index contributed by atoms with van der Waals surface area (Å²) in [5.41, 5.74) is 0.579. The fraction of sp³-hybridized carbons (Fsp3) is 0.486. The smallest absolute Gasteiger partial charge is 0.312 e. The first-order chi connectivity index (χ1) is 22.7. The molecule has 2 heterocycles. The summed E-state index contributed by atoms with van der Waals surface area (Å²) in [6, 6.07) is 7.56. The number of nitro groups is 1. The lowest BCUT2D eigenvalue weighted by molar-refractivity contribution is -0.384. The Hall–Kier alpha value is -4.42. The molecule has 1 N–H and O–H groups in total. The minimum absolute atomic E-state index is 0.00275. The summed E-state index contributed by atoms with van der Waals surface area (Å²) in [4.78, 5) is 59.5. The van der Waals surface area contributed by atoms with E-state index in [1.807, 2.05) is 12.2 Å². The molecule has 1 unspecified atom stereocenters. The Morgan fingerprint density at radius 1 is 1.06 bits per heavy atom. The maximum Gasteiger partial charge on any atom is 0.312 e. The highest BCUT2D eigenvalue weighted by Crippen LogP contribution is 2.43. The van der Waals surface area contributed by atoms with Crippen LogP contribution in [0.3, 0.4) is 0 Å². The zero-order valence-corrected chi connectivity index (χ0v) is 27.5. The summed E-state index contributed by atoms with van der Waals surface area (Å²) >= 11 is 0. The Morgan fingerprint density at radius 2 is 1.79 bits per heavy atom. The average molecular weight is 648 g/mol. The van der Waals surface area contributed by atoms with Crippen LogP contribution in [0.5, 0.6) is 0 Å². The number of amides is 2. The number of carbonyl (C=O) groups excluding carboxylic acids is 3. The number of allylic oxidation sites excluding steroid dienone is 4. The standard InChI is InChI=1S/C35H45N5O7/c1-36-32(41)31-30(29(16-19-37-31)26-12-14-28(15-13-26)40(44)45)33(42)39(21-7-8-25-46-2)22-9-20-38-23-17-35(18-24-38,34(43)47-3)27-10-5-4-6-11-27/h4-6,10,12-16,19,27H,7-9,11,17-18,20-25H2,1-3H3,(H,36,41). The second kappa shape index (κ2) is 16.9. The molecular weight excluding hydrogens is 602 g/mol. The molecule has 0 radical (unpaired) electrons. The lowest BCUT2D eigenvalue weighted by Gasteiger charge is -2.44. The highest BCUT2D eigenvalue weighted by Gasteiger charge is 2.47. The van der Waals surface area contributed by atoms with E-state index < -0.39 is 16.2 Å². The van der Waals surface area contributed by atoms with Crippen LogP contribution in [0.2, 0.25) is 0 Å². The molecule has 1 saturated heterocycles. The number of pyridine rings is 1. The van der Waals surface area contributed by atoms with Gasteiger partial charge in [0.05, 0.1) is 23.0 Å². The summed E-state index contributed by atoms with van der Waals surface area (Å²) in [6.07, 6.45) is 14.1. The molecule has 1 atom stereocenters. The fourth-order valence-electron chi connectivity index (χ4n) is 6.57. The number of aromatic nitrogens is 1. The number of esters is 1. The molecule has 1 aromatic heterocycles. The number of hydrogen-bond acceptors (Lipinski definition) is 9. The molecule has 47 heavy (non-hydrogen) atoms. The Labute approximate surface area is 276 Å². The van der Waals surface area contributed by atoms with Gasteiger partial charge in [0.15, 0.2) is 0 Å². The van der Waals surface area contributed by atoms with E-state index >= 15 is 0 Å². The van der Waals surface area contributed by atoms with Crippen molar-refractivity contribution in [3.8, 4) is 11.1 Å². The van der Waals surface area contributed by atoms with Crippen LogP contribution in [-0.2, 0) is 14.3 Å². The molecule has 2 aliphatic rings. The Morgan fingerprint density at radius 3 is 2.40 bits per heavy atom. The van der Waals surface area contributed by atoms with Gasteiger partial charge in [-0.3, -0.25) is 29.5 Å². The number of benzene rings is 1. The van der Waals surface area contributed by atoms with Crippen LogP contribution in [0, 0.1) is 21.4 Å². The first-order valence-electron chi connectivity index (χ1n) is 16.1. The van der Waals surface area contributed by atoms with E-state index in [1.54, 1.807) is 30.2 Å². The van der Waals surface area contributed by atoms with E-state index in [4.69, 9.17) is 9.47 Å². The predicted molar refractivity (Wildman–Crippen MR) is 178 cm³/mol.